The number of hydrogen-bond acceptors (Lipinski definition) is 6. The molecule has 0 aliphatic carbocycles. The molecule has 0 radical (unpaired) electrons. The maximum Gasteiger partial charge on any atom is 0.529 e. The molecular formula is C13H22O5S2Si. The van der Waals surface area contributed by atoms with Gasteiger partial charge in [-0.1, -0.05) is 18.2 Å². The Bertz CT molecular complexity index is 490. The van der Waals surface area contributed by atoms with E-state index in [0.29, 0.717) is 24.7 Å². The molecule has 1 atom stereocenters. The van der Waals surface area contributed by atoms with Crippen molar-refractivity contribution in [2.24, 2.45) is 0 Å². The Kier molecular flexibility index (Phi) is 7.96. The molecule has 0 fully saturated rings. The van der Waals surface area contributed by atoms with Crippen LogP contribution in [0.1, 0.15) is 20.8 Å². The molecule has 1 aromatic carbocycles. The van der Waals surface area contributed by atoms with Crippen molar-refractivity contribution in [3.63, 3.8) is 0 Å². The molecule has 1 unspecified atom stereocenters. The minimum Gasteiger partial charge on any atom is -0.372 e. The fourth-order valence-electron chi connectivity index (χ4n) is 1.71. The van der Waals surface area contributed by atoms with Gasteiger partial charge in [-0.25, -0.2) is 4.21 Å². The first-order chi connectivity index (χ1) is 9.99. The summed E-state index contributed by atoms with van der Waals surface area (Å²) in [7, 11) is -6.03. The average Bonchev–Trinajstić information content (AvgIpc) is 2.47. The number of benzene rings is 1. The van der Waals surface area contributed by atoms with Gasteiger partial charge in [0.25, 0.3) is 0 Å². The van der Waals surface area contributed by atoms with Gasteiger partial charge in [-0.3, -0.25) is 4.18 Å². The lowest BCUT2D eigenvalue weighted by Crippen LogP contribution is -2.51. The van der Waals surface area contributed by atoms with Crippen LogP contribution in [0.15, 0.2) is 35.2 Å². The number of hydrogen-bond donors (Lipinski definition) is 0. The molecule has 8 heteroatoms. The SMILES string of the molecule is CCO[Si](COS(=O)(=S)c1ccccc1)(OCC)OCC. The smallest absolute Gasteiger partial charge is 0.372 e. The monoisotopic (exact) mass is 350 g/mol. The Morgan fingerprint density at radius 3 is 1.90 bits per heavy atom. The predicted molar refractivity (Wildman–Crippen MR) is 86.8 cm³/mol. The first-order valence-corrected chi connectivity index (χ1v) is 11.2. The summed E-state index contributed by atoms with van der Waals surface area (Å²) in [4.78, 5) is 0.465. The van der Waals surface area contributed by atoms with E-state index in [1.54, 1.807) is 24.3 Å². The summed E-state index contributed by atoms with van der Waals surface area (Å²) in [6.45, 7) is 6.84. The molecule has 0 amide bonds. The summed E-state index contributed by atoms with van der Waals surface area (Å²) < 4.78 is 34.9. The summed E-state index contributed by atoms with van der Waals surface area (Å²) >= 11 is 5.09. The summed E-state index contributed by atoms with van der Waals surface area (Å²) in [6.07, 6.45) is -0.0280. The van der Waals surface area contributed by atoms with Crippen LogP contribution in [0, 0.1) is 0 Å². The Labute approximate surface area is 132 Å². The Morgan fingerprint density at radius 2 is 1.48 bits per heavy atom. The minimum absolute atomic E-state index is 0.0280. The van der Waals surface area contributed by atoms with Crippen molar-refractivity contribution in [3.05, 3.63) is 30.3 Å². The molecule has 120 valence electrons. The summed E-state index contributed by atoms with van der Waals surface area (Å²) in [5.74, 6) is 0. The van der Waals surface area contributed by atoms with Gasteiger partial charge in [-0.05, 0) is 32.9 Å². The standard InChI is InChI=1S/C13H22O5S2Si/c1-4-16-21(17-5-2,18-6-3)12-15-20(14,19)13-10-8-7-9-11-13/h7-11H,4-6,12H2,1-3H3. The highest BCUT2D eigenvalue weighted by Crippen LogP contribution is 2.17. The molecule has 0 aliphatic heterocycles. The van der Waals surface area contributed by atoms with Crippen LogP contribution in [0.5, 0.6) is 0 Å². The van der Waals surface area contributed by atoms with Gasteiger partial charge < -0.3 is 13.3 Å². The summed E-state index contributed by atoms with van der Waals surface area (Å²) in [5, 5.41) is 0. The van der Waals surface area contributed by atoms with Crippen LogP contribution in [0.25, 0.3) is 0 Å². The van der Waals surface area contributed by atoms with Crippen molar-refractivity contribution in [1.82, 2.24) is 0 Å². The second kappa shape index (κ2) is 8.94. The van der Waals surface area contributed by atoms with E-state index in [-0.39, 0.29) is 6.23 Å². The molecule has 0 heterocycles. The van der Waals surface area contributed by atoms with Crippen LogP contribution in [-0.2, 0) is 37.4 Å². The summed E-state index contributed by atoms with van der Waals surface area (Å²) in [5.41, 5.74) is 0. The van der Waals surface area contributed by atoms with Gasteiger partial charge in [0, 0.05) is 31.0 Å². The van der Waals surface area contributed by atoms with Crippen molar-refractivity contribution in [3.8, 4) is 0 Å². The fourth-order valence-corrected chi connectivity index (χ4v) is 6.13. The third-order valence-electron chi connectivity index (χ3n) is 2.52. The highest BCUT2D eigenvalue weighted by atomic mass is 32.8. The van der Waals surface area contributed by atoms with Gasteiger partial charge in [0.1, 0.15) is 6.23 Å². The Balaban J connectivity index is 2.84. The Morgan fingerprint density at radius 1 is 1.00 bits per heavy atom. The second-order valence-electron chi connectivity index (χ2n) is 4.01. The van der Waals surface area contributed by atoms with Gasteiger partial charge in [0.05, 0.1) is 4.90 Å². The highest BCUT2D eigenvalue weighted by Gasteiger charge is 2.42. The van der Waals surface area contributed by atoms with Gasteiger partial charge in [-0.15, -0.1) is 0 Å². The van der Waals surface area contributed by atoms with Crippen molar-refractivity contribution in [1.29, 1.82) is 0 Å². The first-order valence-electron chi connectivity index (χ1n) is 6.86. The predicted octanol–water partition coefficient (Wildman–Crippen LogP) is 2.31. The van der Waals surface area contributed by atoms with E-state index in [4.69, 9.17) is 28.6 Å². The third kappa shape index (κ3) is 5.74. The van der Waals surface area contributed by atoms with Crippen molar-refractivity contribution < 1.29 is 21.7 Å². The molecule has 0 aliphatic rings. The van der Waals surface area contributed by atoms with Crippen molar-refractivity contribution >= 4 is 28.8 Å². The van der Waals surface area contributed by atoms with Gasteiger partial charge >= 0.3 is 8.80 Å². The van der Waals surface area contributed by atoms with E-state index in [1.165, 1.54) is 0 Å². The Hall–Kier alpha value is -0.353. The molecule has 0 saturated heterocycles. The first kappa shape index (κ1) is 18.7. The second-order valence-corrected chi connectivity index (χ2v) is 9.46. The van der Waals surface area contributed by atoms with Crippen LogP contribution >= 0.6 is 0 Å². The highest BCUT2D eigenvalue weighted by molar-refractivity contribution is 8.30. The van der Waals surface area contributed by atoms with Crippen molar-refractivity contribution in [2.45, 2.75) is 25.7 Å². The van der Waals surface area contributed by atoms with Gasteiger partial charge in [0.2, 0.25) is 0 Å². The largest absolute Gasteiger partial charge is 0.529 e. The minimum atomic E-state index is -3.02. The third-order valence-corrected chi connectivity index (χ3v) is 7.55. The molecular weight excluding hydrogens is 328 g/mol. The molecule has 0 aromatic heterocycles. The zero-order valence-corrected chi connectivity index (χ0v) is 15.2. The van der Waals surface area contributed by atoms with Crippen LogP contribution < -0.4 is 0 Å². The van der Waals surface area contributed by atoms with E-state index in [2.05, 4.69) is 0 Å². The summed E-state index contributed by atoms with van der Waals surface area (Å²) in [6, 6.07) is 8.72. The van der Waals surface area contributed by atoms with Crippen LogP contribution in [0.3, 0.4) is 0 Å². The zero-order valence-electron chi connectivity index (χ0n) is 12.6. The maximum absolute atomic E-state index is 12.5. The van der Waals surface area contributed by atoms with Crippen LogP contribution in [0.4, 0.5) is 0 Å². The zero-order chi connectivity index (χ0) is 15.8. The molecule has 0 saturated carbocycles. The topological polar surface area (TPSA) is 54.0 Å². The lowest BCUT2D eigenvalue weighted by atomic mass is 10.4. The van der Waals surface area contributed by atoms with E-state index in [1.807, 2.05) is 26.8 Å². The molecule has 1 aromatic rings. The normalized spacial score (nSPS) is 14.8. The maximum atomic E-state index is 12.5. The van der Waals surface area contributed by atoms with Gasteiger partial charge in [-0.2, -0.15) is 0 Å². The molecule has 5 nitrogen and oxygen atoms in total. The van der Waals surface area contributed by atoms with Crippen LogP contribution in [-0.4, -0.2) is 39.1 Å². The van der Waals surface area contributed by atoms with Gasteiger partial charge in [0.15, 0.2) is 8.77 Å². The fraction of sp³-hybridized carbons (Fsp3) is 0.538. The lowest BCUT2D eigenvalue weighted by molar-refractivity contribution is 0.0558. The van der Waals surface area contributed by atoms with Crippen molar-refractivity contribution in [2.75, 3.05) is 26.1 Å². The van der Waals surface area contributed by atoms with E-state index in [0.717, 1.165) is 0 Å². The molecule has 0 N–H and O–H groups in total. The quantitative estimate of drug-likeness (QED) is 0.604. The van der Waals surface area contributed by atoms with E-state index < -0.39 is 17.6 Å². The van der Waals surface area contributed by atoms with Crippen LogP contribution in [0.2, 0.25) is 0 Å². The average molecular weight is 351 g/mol. The lowest BCUT2D eigenvalue weighted by Gasteiger charge is -2.28. The molecule has 21 heavy (non-hydrogen) atoms. The number of rotatable bonds is 10. The molecule has 1 rings (SSSR count). The van der Waals surface area contributed by atoms with E-state index in [9.17, 15) is 4.21 Å². The molecule has 0 bridgehead atoms. The molecule has 0 spiro atoms. The van der Waals surface area contributed by atoms with E-state index >= 15 is 0 Å².